The van der Waals surface area contributed by atoms with E-state index in [1.54, 1.807) is 11.0 Å². The summed E-state index contributed by atoms with van der Waals surface area (Å²) in [5.41, 5.74) is 1.44. The lowest BCUT2D eigenvalue weighted by molar-refractivity contribution is -0.116. The molecule has 0 saturated heterocycles. The van der Waals surface area contributed by atoms with Gasteiger partial charge in [-0.1, -0.05) is 0 Å². The first-order valence-electron chi connectivity index (χ1n) is 4.93. The Hall–Kier alpha value is -1.58. The van der Waals surface area contributed by atoms with Gasteiger partial charge in [-0.3, -0.25) is 4.79 Å². The van der Waals surface area contributed by atoms with Crippen LogP contribution in [0.25, 0.3) is 0 Å². The van der Waals surface area contributed by atoms with Crippen LogP contribution in [0, 0.1) is 5.82 Å². The molecule has 0 saturated carbocycles. The molecule has 0 bridgehead atoms. The van der Waals surface area contributed by atoms with Gasteiger partial charge in [0, 0.05) is 13.5 Å². The van der Waals surface area contributed by atoms with Crippen LogP contribution in [-0.2, 0) is 4.79 Å². The standard InChI is InChI=1S/C11H13FN2O/c1-7-6-13-10-5-9(12)3-4-11(10)14(7)8(2)15/h3-5,7,13H,6H2,1-2H3/t7-/m0/s1. The third kappa shape index (κ3) is 1.67. The Morgan fingerprint density at radius 2 is 2.33 bits per heavy atom. The highest BCUT2D eigenvalue weighted by atomic mass is 19.1. The number of amides is 1. The quantitative estimate of drug-likeness (QED) is 0.707. The number of benzene rings is 1. The zero-order chi connectivity index (χ0) is 11.0. The molecule has 1 heterocycles. The van der Waals surface area contributed by atoms with Gasteiger partial charge in [0.2, 0.25) is 5.91 Å². The number of fused-ring (bicyclic) bond motifs is 1. The van der Waals surface area contributed by atoms with Gasteiger partial charge in [0.25, 0.3) is 0 Å². The molecule has 0 radical (unpaired) electrons. The smallest absolute Gasteiger partial charge is 0.224 e. The lowest BCUT2D eigenvalue weighted by Crippen LogP contribution is -2.44. The number of anilines is 2. The Labute approximate surface area is 87.9 Å². The zero-order valence-corrected chi connectivity index (χ0v) is 8.75. The summed E-state index contributed by atoms with van der Waals surface area (Å²) < 4.78 is 13.0. The lowest BCUT2D eigenvalue weighted by Gasteiger charge is -2.35. The average Bonchev–Trinajstić information content (AvgIpc) is 2.17. The van der Waals surface area contributed by atoms with Crippen LogP contribution in [0.2, 0.25) is 0 Å². The van der Waals surface area contributed by atoms with Gasteiger partial charge in [-0.2, -0.15) is 0 Å². The summed E-state index contributed by atoms with van der Waals surface area (Å²) >= 11 is 0. The minimum absolute atomic E-state index is 0.0168. The maximum absolute atomic E-state index is 13.0. The first-order valence-corrected chi connectivity index (χ1v) is 4.93. The van der Waals surface area contributed by atoms with E-state index in [0.717, 1.165) is 5.69 Å². The van der Waals surface area contributed by atoms with Gasteiger partial charge >= 0.3 is 0 Å². The Balaban J connectivity index is 2.48. The van der Waals surface area contributed by atoms with Gasteiger partial charge < -0.3 is 10.2 Å². The summed E-state index contributed by atoms with van der Waals surface area (Å²) in [6.45, 7) is 4.13. The first kappa shape index (κ1) is 9.96. The molecule has 1 atom stereocenters. The maximum Gasteiger partial charge on any atom is 0.224 e. The van der Waals surface area contributed by atoms with E-state index < -0.39 is 0 Å². The number of carbonyl (C=O) groups excluding carboxylic acids is 1. The fraction of sp³-hybridized carbons (Fsp3) is 0.364. The van der Waals surface area contributed by atoms with E-state index in [1.807, 2.05) is 6.92 Å². The summed E-state index contributed by atoms with van der Waals surface area (Å²) in [5, 5.41) is 3.10. The summed E-state index contributed by atoms with van der Waals surface area (Å²) in [7, 11) is 0. The van der Waals surface area contributed by atoms with Crippen LogP contribution in [0.15, 0.2) is 18.2 Å². The van der Waals surface area contributed by atoms with Crippen molar-refractivity contribution in [3.05, 3.63) is 24.0 Å². The van der Waals surface area contributed by atoms with Crippen LogP contribution in [0.4, 0.5) is 15.8 Å². The maximum atomic E-state index is 13.0. The fourth-order valence-electron chi connectivity index (χ4n) is 1.93. The van der Waals surface area contributed by atoms with Crippen molar-refractivity contribution in [2.24, 2.45) is 0 Å². The second kappa shape index (κ2) is 3.53. The highest BCUT2D eigenvalue weighted by Gasteiger charge is 2.25. The van der Waals surface area contributed by atoms with Crippen LogP contribution in [0.1, 0.15) is 13.8 Å². The largest absolute Gasteiger partial charge is 0.381 e. The van der Waals surface area contributed by atoms with E-state index in [0.29, 0.717) is 12.2 Å². The summed E-state index contributed by atoms with van der Waals surface area (Å²) in [6.07, 6.45) is 0. The Bertz CT molecular complexity index is 406. The molecule has 3 nitrogen and oxygen atoms in total. The highest BCUT2D eigenvalue weighted by molar-refractivity contribution is 5.96. The summed E-state index contributed by atoms with van der Waals surface area (Å²) in [6, 6.07) is 4.51. The Morgan fingerprint density at radius 1 is 1.60 bits per heavy atom. The molecule has 4 heteroatoms. The summed E-state index contributed by atoms with van der Waals surface area (Å²) in [5.74, 6) is -0.309. The van der Waals surface area contributed by atoms with Crippen molar-refractivity contribution in [1.82, 2.24) is 0 Å². The van der Waals surface area contributed by atoms with Crippen molar-refractivity contribution in [2.45, 2.75) is 19.9 Å². The fourth-order valence-corrected chi connectivity index (χ4v) is 1.93. The van der Waals surface area contributed by atoms with Gasteiger partial charge in [0.05, 0.1) is 17.4 Å². The predicted octanol–water partition coefficient (Wildman–Crippen LogP) is 1.99. The van der Waals surface area contributed by atoms with Gasteiger partial charge in [-0.05, 0) is 25.1 Å². The van der Waals surface area contributed by atoms with E-state index in [2.05, 4.69) is 5.32 Å². The lowest BCUT2D eigenvalue weighted by atomic mass is 10.1. The van der Waals surface area contributed by atoms with E-state index >= 15 is 0 Å². The normalized spacial score (nSPS) is 19.4. The van der Waals surface area contributed by atoms with Gasteiger partial charge in [0.1, 0.15) is 5.82 Å². The third-order valence-corrected chi connectivity index (χ3v) is 2.59. The van der Waals surface area contributed by atoms with Crippen LogP contribution in [-0.4, -0.2) is 18.5 Å². The van der Waals surface area contributed by atoms with Crippen molar-refractivity contribution >= 4 is 17.3 Å². The van der Waals surface area contributed by atoms with Crippen molar-refractivity contribution in [3.8, 4) is 0 Å². The molecule has 15 heavy (non-hydrogen) atoms. The molecule has 1 aromatic rings. The topological polar surface area (TPSA) is 32.3 Å². The van der Waals surface area contributed by atoms with Crippen molar-refractivity contribution in [2.75, 3.05) is 16.8 Å². The minimum atomic E-state index is -0.292. The van der Waals surface area contributed by atoms with Gasteiger partial charge in [-0.15, -0.1) is 0 Å². The van der Waals surface area contributed by atoms with E-state index in [-0.39, 0.29) is 17.8 Å². The summed E-state index contributed by atoms with van der Waals surface area (Å²) in [4.78, 5) is 13.1. The molecule has 1 aromatic carbocycles. The number of hydrogen-bond donors (Lipinski definition) is 1. The first-order chi connectivity index (χ1) is 7.09. The van der Waals surface area contributed by atoms with Gasteiger partial charge in [0.15, 0.2) is 0 Å². The average molecular weight is 208 g/mol. The molecule has 80 valence electrons. The number of hydrogen-bond acceptors (Lipinski definition) is 2. The van der Waals surface area contributed by atoms with E-state index in [4.69, 9.17) is 0 Å². The molecule has 1 amide bonds. The van der Waals surface area contributed by atoms with Crippen molar-refractivity contribution < 1.29 is 9.18 Å². The molecule has 1 aliphatic heterocycles. The monoisotopic (exact) mass is 208 g/mol. The number of nitrogens with one attached hydrogen (secondary N) is 1. The number of rotatable bonds is 0. The SMILES string of the molecule is CC(=O)N1c2ccc(F)cc2NC[C@@H]1C. The molecule has 0 spiro atoms. The molecule has 0 aromatic heterocycles. The number of nitrogens with zero attached hydrogens (tertiary/aromatic N) is 1. The minimum Gasteiger partial charge on any atom is -0.381 e. The highest BCUT2D eigenvalue weighted by Crippen LogP contribution is 2.31. The number of halogens is 1. The molecule has 1 N–H and O–H groups in total. The molecule has 0 aliphatic carbocycles. The predicted molar refractivity (Wildman–Crippen MR) is 57.5 cm³/mol. The van der Waals surface area contributed by atoms with Gasteiger partial charge in [-0.25, -0.2) is 4.39 Å². The molecule has 1 aliphatic rings. The second-order valence-electron chi connectivity index (χ2n) is 3.78. The van der Waals surface area contributed by atoms with Crippen molar-refractivity contribution in [3.63, 3.8) is 0 Å². The third-order valence-electron chi connectivity index (χ3n) is 2.59. The second-order valence-corrected chi connectivity index (χ2v) is 3.78. The van der Waals surface area contributed by atoms with Crippen LogP contribution < -0.4 is 10.2 Å². The molecule has 0 fully saturated rings. The van der Waals surface area contributed by atoms with Crippen LogP contribution >= 0.6 is 0 Å². The zero-order valence-electron chi connectivity index (χ0n) is 8.75. The molecular formula is C11H13FN2O. The number of carbonyl (C=O) groups is 1. The van der Waals surface area contributed by atoms with E-state index in [9.17, 15) is 9.18 Å². The Kier molecular flexibility index (Phi) is 2.34. The Morgan fingerprint density at radius 3 is 3.00 bits per heavy atom. The molecule has 2 rings (SSSR count). The van der Waals surface area contributed by atoms with Crippen molar-refractivity contribution in [1.29, 1.82) is 0 Å². The van der Waals surface area contributed by atoms with Crippen LogP contribution in [0.5, 0.6) is 0 Å². The molecule has 0 unspecified atom stereocenters. The van der Waals surface area contributed by atoms with E-state index in [1.165, 1.54) is 19.1 Å². The molecular weight excluding hydrogens is 195 g/mol. The van der Waals surface area contributed by atoms with Crippen LogP contribution in [0.3, 0.4) is 0 Å².